The molecule has 0 fully saturated rings. The number of carbonyl (C=O) groups excluding carboxylic acids is 1. The Kier molecular flexibility index (Phi) is 4.74. The first-order valence-electron chi connectivity index (χ1n) is 8.29. The van der Waals surface area contributed by atoms with Crippen LogP contribution in [0.15, 0.2) is 48.5 Å². The van der Waals surface area contributed by atoms with E-state index in [1.165, 1.54) is 5.56 Å². The Balaban J connectivity index is 1.87. The summed E-state index contributed by atoms with van der Waals surface area (Å²) in [6, 6.07) is 16.3. The maximum Gasteiger partial charge on any atom is 0.389 e. The van der Waals surface area contributed by atoms with Crippen molar-refractivity contribution in [3.05, 3.63) is 59.7 Å². The lowest BCUT2D eigenvalue weighted by atomic mass is 9.82. The molecule has 4 heteroatoms. The molecule has 0 radical (unpaired) electrons. The molecule has 0 saturated carbocycles. The summed E-state index contributed by atoms with van der Waals surface area (Å²) in [6.45, 7) is 6.45. The molecular weight excluding hydrogens is 304 g/mol. The van der Waals surface area contributed by atoms with Gasteiger partial charge in [0.05, 0.1) is 6.61 Å². The number of esters is 1. The second-order valence-electron chi connectivity index (χ2n) is 6.16. The van der Waals surface area contributed by atoms with Gasteiger partial charge in [0.15, 0.2) is 11.5 Å². The molecule has 2 aromatic rings. The highest BCUT2D eigenvalue weighted by atomic mass is 16.7. The summed E-state index contributed by atoms with van der Waals surface area (Å²) in [7, 11) is 0. The van der Waals surface area contributed by atoms with Crippen LogP contribution in [0, 0.1) is 5.92 Å². The van der Waals surface area contributed by atoms with E-state index in [2.05, 4.69) is 38.1 Å². The van der Waals surface area contributed by atoms with E-state index in [0.29, 0.717) is 24.0 Å². The third-order valence-corrected chi connectivity index (χ3v) is 4.10. The van der Waals surface area contributed by atoms with Gasteiger partial charge in [-0.05, 0) is 36.1 Å². The van der Waals surface area contributed by atoms with E-state index in [1.807, 2.05) is 24.3 Å². The Morgan fingerprint density at radius 1 is 1.04 bits per heavy atom. The second kappa shape index (κ2) is 6.95. The van der Waals surface area contributed by atoms with E-state index in [9.17, 15) is 4.79 Å². The first kappa shape index (κ1) is 16.4. The molecule has 3 rings (SSSR count). The maximum atomic E-state index is 11.8. The van der Waals surface area contributed by atoms with Crippen molar-refractivity contribution in [3.8, 4) is 11.5 Å². The highest BCUT2D eigenvalue weighted by Crippen LogP contribution is 2.40. The number of hydrogen-bond donors (Lipinski definition) is 0. The van der Waals surface area contributed by atoms with Crippen molar-refractivity contribution in [3.63, 3.8) is 0 Å². The van der Waals surface area contributed by atoms with Crippen LogP contribution in [0.1, 0.15) is 37.8 Å². The Labute approximate surface area is 142 Å². The molecule has 126 valence electrons. The minimum Gasteiger partial charge on any atom is -0.460 e. The Hall–Kier alpha value is -2.49. The molecule has 0 aliphatic carbocycles. The van der Waals surface area contributed by atoms with Crippen LogP contribution in [-0.2, 0) is 9.53 Å². The highest BCUT2D eigenvalue weighted by molar-refractivity contribution is 5.75. The van der Waals surface area contributed by atoms with Gasteiger partial charge in [-0.15, -0.1) is 0 Å². The van der Waals surface area contributed by atoms with Crippen LogP contribution in [-0.4, -0.2) is 18.9 Å². The lowest BCUT2D eigenvalue weighted by Crippen LogP contribution is -2.30. The first-order chi connectivity index (χ1) is 11.6. The zero-order valence-corrected chi connectivity index (χ0v) is 14.2. The third kappa shape index (κ3) is 3.23. The Morgan fingerprint density at radius 3 is 2.42 bits per heavy atom. The average molecular weight is 326 g/mol. The molecule has 1 aliphatic heterocycles. The predicted octanol–water partition coefficient (Wildman–Crippen LogP) is 4.13. The number of rotatable bonds is 5. The van der Waals surface area contributed by atoms with Crippen molar-refractivity contribution in [2.45, 2.75) is 33.0 Å². The number of hydrogen-bond acceptors (Lipinski definition) is 4. The fourth-order valence-electron chi connectivity index (χ4n) is 3.09. The summed E-state index contributed by atoms with van der Waals surface area (Å²) in [4.78, 5) is 11.8. The minimum atomic E-state index is -1.01. The molecule has 0 N–H and O–H groups in total. The fourth-order valence-corrected chi connectivity index (χ4v) is 3.09. The van der Waals surface area contributed by atoms with Crippen LogP contribution in [0.3, 0.4) is 0 Å². The van der Waals surface area contributed by atoms with E-state index in [0.717, 1.165) is 5.56 Å². The standard InChI is InChI=1S/C20H22O4/c1-4-22-19(21)20-23-16-11-10-15(12-17(16)24-20)18(13(2)3)14-8-6-5-7-9-14/h5-13,18,20H,4H2,1-3H3/t18-,20-/m1/s1. The van der Waals surface area contributed by atoms with E-state index < -0.39 is 12.3 Å². The average Bonchev–Trinajstić information content (AvgIpc) is 2.99. The Morgan fingerprint density at radius 2 is 1.75 bits per heavy atom. The molecule has 1 aliphatic rings. The molecule has 0 amide bonds. The minimum absolute atomic E-state index is 0.252. The van der Waals surface area contributed by atoms with Gasteiger partial charge in [0.1, 0.15) is 0 Å². The van der Waals surface area contributed by atoms with Gasteiger partial charge in [-0.3, -0.25) is 0 Å². The monoisotopic (exact) mass is 326 g/mol. The summed E-state index contributed by atoms with van der Waals surface area (Å²) in [6.07, 6.45) is -1.01. The zero-order chi connectivity index (χ0) is 17.1. The number of fused-ring (bicyclic) bond motifs is 1. The molecule has 4 nitrogen and oxygen atoms in total. The van der Waals surface area contributed by atoms with Crippen LogP contribution >= 0.6 is 0 Å². The molecule has 0 aromatic heterocycles. The van der Waals surface area contributed by atoms with Gasteiger partial charge in [0, 0.05) is 5.92 Å². The number of benzene rings is 2. The van der Waals surface area contributed by atoms with Crippen LogP contribution < -0.4 is 9.47 Å². The zero-order valence-electron chi connectivity index (χ0n) is 14.2. The smallest absolute Gasteiger partial charge is 0.389 e. The quantitative estimate of drug-likeness (QED) is 0.775. The van der Waals surface area contributed by atoms with Crippen molar-refractivity contribution in [1.82, 2.24) is 0 Å². The SMILES string of the molecule is CCOC(=O)[C@@H]1Oc2ccc([C@@H](c3ccccc3)C(C)C)cc2O1. The molecule has 24 heavy (non-hydrogen) atoms. The summed E-state index contributed by atoms with van der Waals surface area (Å²) >= 11 is 0. The molecule has 2 aromatic carbocycles. The normalized spacial score (nSPS) is 16.9. The highest BCUT2D eigenvalue weighted by Gasteiger charge is 2.33. The molecule has 0 spiro atoms. The Bertz CT molecular complexity index is 709. The van der Waals surface area contributed by atoms with E-state index in [4.69, 9.17) is 14.2 Å². The topological polar surface area (TPSA) is 44.8 Å². The van der Waals surface area contributed by atoms with Crippen LogP contribution in [0.2, 0.25) is 0 Å². The summed E-state index contributed by atoms with van der Waals surface area (Å²) in [5, 5.41) is 0. The van der Waals surface area contributed by atoms with E-state index in [-0.39, 0.29) is 5.92 Å². The van der Waals surface area contributed by atoms with Gasteiger partial charge >= 0.3 is 12.3 Å². The van der Waals surface area contributed by atoms with Gasteiger partial charge in [-0.1, -0.05) is 50.2 Å². The number of ether oxygens (including phenoxy) is 3. The van der Waals surface area contributed by atoms with Crippen LogP contribution in [0.4, 0.5) is 0 Å². The summed E-state index contributed by atoms with van der Waals surface area (Å²) in [5.74, 6) is 1.34. The van der Waals surface area contributed by atoms with Crippen molar-refractivity contribution < 1.29 is 19.0 Å². The van der Waals surface area contributed by atoms with Crippen LogP contribution in [0.25, 0.3) is 0 Å². The van der Waals surface area contributed by atoms with Gasteiger partial charge < -0.3 is 14.2 Å². The summed E-state index contributed by atoms with van der Waals surface area (Å²) in [5.41, 5.74) is 2.40. The molecule has 2 atom stereocenters. The molecular formula is C20H22O4. The van der Waals surface area contributed by atoms with Crippen molar-refractivity contribution >= 4 is 5.97 Å². The second-order valence-corrected chi connectivity index (χ2v) is 6.16. The first-order valence-corrected chi connectivity index (χ1v) is 8.29. The van der Waals surface area contributed by atoms with Crippen LogP contribution in [0.5, 0.6) is 11.5 Å². The molecule has 0 bridgehead atoms. The predicted molar refractivity (Wildman–Crippen MR) is 91.2 cm³/mol. The van der Waals surface area contributed by atoms with Gasteiger partial charge in [-0.25, -0.2) is 4.79 Å². The largest absolute Gasteiger partial charge is 0.460 e. The fraction of sp³-hybridized carbons (Fsp3) is 0.350. The van der Waals surface area contributed by atoms with Crippen molar-refractivity contribution in [1.29, 1.82) is 0 Å². The summed E-state index contributed by atoms with van der Waals surface area (Å²) < 4.78 is 16.1. The van der Waals surface area contributed by atoms with Gasteiger partial charge in [-0.2, -0.15) is 0 Å². The number of carbonyl (C=O) groups is 1. The molecule has 0 saturated heterocycles. The van der Waals surface area contributed by atoms with Crippen molar-refractivity contribution in [2.24, 2.45) is 5.92 Å². The molecule has 0 unspecified atom stereocenters. The van der Waals surface area contributed by atoms with Gasteiger partial charge in [0.2, 0.25) is 0 Å². The lowest BCUT2D eigenvalue weighted by molar-refractivity contribution is -0.161. The van der Waals surface area contributed by atoms with Crippen molar-refractivity contribution in [2.75, 3.05) is 6.61 Å². The van der Waals surface area contributed by atoms with E-state index in [1.54, 1.807) is 6.92 Å². The molecule has 1 heterocycles. The maximum absolute atomic E-state index is 11.8. The van der Waals surface area contributed by atoms with Gasteiger partial charge in [0.25, 0.3) is 0 Å². The third-order valence-electron chi connectivity index (χ3n) is 4.10. The lowest BCUT2D eigenvalue weighted by Gasteiger charge is -2.22. The van der Waals surface area contributed by atoms with E-state index >= 15 is 0 Å².